The van der Waals surface area contributed by atoms with Crippen LogP contribution in [0, 0.1) is 5.92 Å². The van der Waals surface area contributed by atoms with E-state index in [2.05, 4.69) is 27.8 Å². The molecule has 1 amide bonds. The third-order valence-corrected chi connectivity index (χ3v) is 5.83. The lowest BCUT2D eigenvalue weighted by molar-refractivity contribution is -0.123. The average Bonchev–Trinajstić information content (AvgIpc) is 2.72. The highest BCUT2D eigenvalue weighted by Crippen LogP contribution is 2.28. The van der Waals surface area contributed by atoms with E-state index in [0.29, 0.717) is 25.9 Å². The van der Waals surface area contributed by atoms with Crippen LogP contribution in [0.15, 0.2) is 60.7 Å². The lowest BCUT2D eigenvalue weighted by Gasteiger charge is -2.33. The molecule has 7 heteroatoms. The average molecular weight is 410 g/mol. The predicted molar refractivity (Wildman–Crippen MR) is 115 cm³/mol. The Balaban J connectivity index is 1.49. The molecule has 2 aromatic carbocycles. The fraction of sp³-hybridized carbons (Fsp3) is 0.273. The minimum absolute atomic E-state index is 0.272. The molecule has 0 saturated carbocycles. The van der Waals surface area contributed by atoms with Gasteiger partial charge in [0, 0.05) is 35.6 Å². The van der Waals surface area contributed by atoms with Crippen molar-refractivity contribution in [3.63, 3.8) is 0 Å². The highest BCUT2D eigenvalue weighted by Gasteiger charge is 2.26. The molecule has 150 valence electrons. The van der Waals surface area contributed by atoms with E-state index in [4.69, 9.17) is 4.98 Å². The summed E-state index contributed by atoms with van der Waals surface area (Å²) in [5.74, 6) is -0.674. The van der Waals surface area contributed by atoms with E-state index in [9.17, 15) is 13.2 Å². The number of benzene rings is 2. The number of hydrogen-bond acceptors (Lipinski definition) is 5. The van der Waals surface area contributed by atoms with Crippen LogP contribution in [-0.2, 0) is 14.8 Å². The second kappa shape index (κ2) is 7.83. The summed E-state index contributed by atoms with van der Waals surface area (Å²) in [6.45, 7) is 1.41. The number of hydrogen-bond donors (Lipinski definition) is 1. The number of piperidine rings is 1. The van der Waals surface area contributed by atoms with Crippen molar-refractivity contribution < 1.29 is 13.2 Å². The Morgan fingerprint density at radius 3 is 2.55 bits per heavy atom. The van der Waals surface area contributed by atoms with Gasteiger partial charge in [0.2, 0.25) is 15.9 Å². The van der Waals surface area contributed by atoms with Crippen LogP contribution in [0.1, 0.15) is 12.8 Å². The van der Waals surface area contributed by atoms with Gasteiger partial charge in [0.1, 0.15) is 0 Å². The highest BCUT2D eigenvalue weighted by molar-refractivity contribution is 7.89. The first kappa shape index (κ1) is 19.4. The zero-order valence-corrected chi connectivity index (χ0v) is 17.0. The number of aromatic nitrogens is 1. The molecule has 1 saturated heterocycles. The Hall–Kier alpha value is -2.93. The van der Waals surface area contributed by atoms with E-state index >= 15 is 0 Å². The molecular weight excluding hydrogens is 386 g/mol. The SMILES string of the molecule is CS(=O)(=O)NC(=O)C1CCN(c2cccc(-c3ccc4ccccc4n3)c2)CC1. The van der Waals surface area contributed by atoms with Crippen LogP contribution in [0.25, 0.3) is 22.2 Å². The van der Waals surface area contributed by atoms with Crippen LogP contribution >= 0.6 is 0 Å². The number of sulfonamides is 1. The van der Waals surface area contributed by atoms with Crippen LogP contribution in [0.4, 0.5) is 5.69 Å². The molecule has 0 spiro atoms. The molecule has 0 bridgehead atoms. The Bertz CT molecular complexity index is 1150. The third kappa shape index (κ3) is 4.56. The van der Waals surface area contributed by atoms with E-state index < -0.39 is 15.9 Å². The van der Waals surface area contributed by atoms with Gasteiger partial charge in [-0.25, -0.2) is 13.4 Å². The summed E-state index contributed by atoms with van der Waals surface area (Å²) in [5, 5.41) is 1.11. The Kier molecular flexibility index (Phi) is 5.24. The molecule has 0 aliphatic carbocycles. The number of pyridine rings is 1. The molecule has 1 aromatic heterocycles. The lowest BCUT2D eigenvalue weighted by Crippen LogP contribution is -2.42. The largest absolute Gasteiger partial charge is 0.371 e. The zero-order valence-electron chi connectivity index (χ0n) is 16.2. The molecule has 1 N–H and O–H groups in total. The summed E-state index contributed by atoms with van der Waals surface area (Å²) in [6, 6.07) is 20.4. The maximum Gasteiger partial charge on any atom is 0.236 e. The van der Waals surface area contributed by atoms with Gasteiger partial charge in [-0.3, -0.25) is 9.52 Å². The van der Waals surface area contributed by atoms with Gasteiger partial charge in [-0.05, 0) is 37.1 Å². The van der Waals surface area contributed by atoms with Crippen molar-refractivity contribution in [3.8, 4) is 11.3 Å². The minimum Gasteiger partial charge on any atom is -0.371 e. The first-order chi connectivity index (χ1) is 13.9. The van der Waals surface area contributed by atoms with Gasteiger partial charge in [-0.1, -0.05) is 36.4 Å². The van der Waals surface area contributed by atoms with Crippen LogP contribution < -0.4 is 9.62 Å². The molecule has 3 aromatic rings. The van der Waals surface area contributed by atoms with Gasteiger partial charge in [-0.2, -0.15) is 0 Å². The second-order valence-corrected chi connectivity index (χ2v) is 9.19. The van der Waals surface area contributed by atoms with Crippen molar-refractivity contribution >= 4 is 32.5 Å². The number of fused-ring (bicyclic) bond motifs is 1. The van der Waals surface area contributed by atoms with E-state index in [1.54, 1.807) is 0 Å². The first-order valence-corrected chi connectivity index (χ1v) is 11.5. The monoisotopic (exact) mass is 409 g/mol. The minimum atomic E-state index is -3.51. The van der Waals surface area contributed by atoms with Crippen molar-refractivity contribution in [1.82, 2.24) is 9.71 Å². The predicted octanol–water partition coefficient (Wildman–Crippen LogP) is 3.19. The molecule has 4 rings (SSSR count). The van der Waals surface area contributed by atoms with Crippen molar-refractivity contribution in [2.75, 3.05) is 24.2 Å². The highest BCUT2D eigenvalue weighted by atomic mass is 32.2. The van der Waals surface area contributed by atoms with Crippen LogP contribution in [0.5, 0.6) is 0 Å². The maximum absolute atomic E-state index is 12.1. The summed E-state index contributed by atoms with van der Waals surface area (Å²) in [7, 11) is -3.51. The summed E-state index contributed by atoms with van der Waals surface area (Å²) in [6.07, 6.45) is 2.26. The van der Waals surface area contributed by atoms with Crippen molar-refractivity contribution in [3.05, 3.63) is 60.7 Å². The number of carbonyl (C=O) groups is 1. The van der Waals surface area contributed by atoms with Gasteiger partial charge in [-0.15, -0.1) is 0 Å². The summed E-state index contributed by atoms with van der Waals surface area (Å²) >= 11 is 0. The topological polar surface area (TPSA) is 79.4 Å². The zero-order chi connectivity index (χ0) is 20.4. The van der Waals surface area contributed by atoms with E-state index in [0.717, 1.165) is 34.1 Å². The van der Waals surface area contributed by atoms with E-state index in [-0.39, 0.29) is 5.92 Å². The summed E-state index contributed by atoms with van der Waals surface area (Å²) in [5.41, 5.74) is 4.02. The molecule has 1 fully saturated rings. The van der Waals surface area contributed by atoms with Crippen LogP contribution in [-0.4, -0.2) is 38.7 Å². The van der Waals surface area contributed by atoms with Gasteiger partial charge >= 0.3 is 0 Å². The standard InChI is InChI=1S/C22H23N3O3S/c1-29(27,28)24-22(26)17-11-13-25(14-12-17)19-7-4-6-18(15-19)21-10-9-16-5-2-3-8-20(16)23-21/h2-10,15,17H,11-14H2,1H3,(H,24,26). The van der Waals surface area contributed by atoms with Gasteiger partial charge in [0.05, 0.1) is 17.5 Å². The third-order valence-electron chi connectivity index (χ3n) is 5.26. The van der Waals surface area contributed by atoms with Crippen molar-refractivity contribution in [2.45, 2.75) is 12.8 Å². The fourth-order valence-electron chi connectivity index (χ4n) is 3.75. The Morgan fingerprint density at radius 1 is 1.03 bits per heavy atom. The van der Waals surface area contributed by atoms with E-state index in [1.807, 2.05) is 42.5 Å². The van der Waals surface area contributed by atoms with Gasteiger partial charge in [0.25, 0.3) is 0 Å². The number of nitrogens with one attached hydrogen (secondary N) is 1. The van der Waals surface area contributed by atoms with Crippen LogP contribution in [0.2, 0.25) is 0 Å². The van der Waals surface area contributed by atoms with Crippen molar-refractivity contribution in [1.29, 1.82) is 0 Å². The summed E-state index contributed by atoms with van der Waals surface area (Å²) in [4.78, 5) is 19.1. The molecular formula is C22H23N3O3S. The number of amides is 1. The number of anilines is 1. The Labute approximate surface area is 170 Å². The van der Waals surface area contributed by atoms with Gasteiger partial charge < -0.3 is 4.90 Å². The number of nitrogens with zero attached hydrogens (tertiary/aromatic N) is 2. The quantitative estimate of drug-likeness (QED) is 0.716. The molecule has 0 unspecified atom stereocenters. The van der Waals surface area contributed by atoms with Gasteiger partial charge in [0.15, 0.2) is 0 Å². The van der Waals surface area contributed by atoms with E-state index in [1.165, 1.54) is 0 Å². The van der Waals surface area contributed by atoms with Crippen LogP contribution in [0.3, 0.4) is 0 Å². The normalized spacial score (nSPS) is 15.4. The number of rotatable bonds is 4. The van der Waals surface area contributed by atoms with Crippen molar-refractivity contribution in [2.24, 2.45) is 5.92 Å². The molecule has 29 heavy (non-hydrogen) atoms. The molecule has 2 heterocycles. The lowest BCUT2D eigenvalue weighted by atomic mass is 9.95. The fourth-order valence-corrected chi connectivity index (χ4v) is 4.29. The number of carbonyl (C=O) groups excluding carboxylic acids is 1. The summed E-state index contributed by atoms with van der Waals surface area (Å²) < 4.78 is 24.6. The first-order valence-electron chi connectivity index (χ1n) is 9.62. The molecule has 0 radical (unpaired) electrons. The maximum atomic E-state index is 12.1. The molecule has 6 nitrogen and oxygen atoms in total. The smallest absolute Gasteiger partial charge is 0.236 e. The number of para-hydroxylation sites is 1. The molecule has 1 aliphatic heterocycles. The second-order valence-electron chi connectivity index (χ2n) is 7.44. The molecule has 0 atom stereocenters. The Morgan fingerprint density at radius 2 is 1.79 bits per heavy atom. The molecule has 1 aliphatic rings.